The number of aliphatic hydroxyl groups is 3. The highest BCUT2D eigenvalue weighted by molar-refractivity contribution is 5.02. The van der Waals surface area contributed by atoms with Crippen LogP contribution in [0.4, 0.5) is 0 Å². The Bertz CT molecular complexity index is 653. The molecule has 1 unspecified atom stereocenters. The van der Waals surface area contributed by atoms with Crippen molar-refractivity contribution in [3.8, 4) is 0 Å². The molecule has 1 aliphatic rings. The lowest BCUT2D eigenvalue weighted by atomic mass is 10.2. The Morgan fingerprint density at radius 1 is 1.72 bits per heavy atom. The minimum absolute atomic E-state index is 0.0872. The molecule has 0 bridgehead atoms. The lowest BCUT2D eigenvalue weighted by molar-refractivity contribution is -0.0460. The number of nitrogens with zero attached hydrogens (tertiary/aromatic N) is 1. The van der Waals surface area contributed by atoms with Gasteiger partial charge in [0.1, 0.15) is 17.8 Å². The third kappa shape index (κ3) is 2.23. The van der Waals surface area contributed by atoms with Crippen LogP contribution in [0.5, 0.6) is 0 Å². The van der Waals surface area contributed by atoms with E-state index >= 15 is 0 Å². The molecule has 1 saturated heterocycles. The first kappa shape index (κ1) is 9.45. The maximum Gasteiger partial charge on any atom is 0.329 e. The van der Waals surface area contributed by atoms with Gasteiger partial charge in [0.15, 0.2) is 0 Å². The summed E-state index contributed by atoms with van der Waals surface area (Å²) in [4.78, 5) is 13.9. The third-order valence-corrected chi connectivity index (χ3v) is 2.72. The number of ether oxygens (including phenoxy) is 1. The second kappa shape index (κ2) is 5.02. The number of aromatic nitrogens is 2. The van der Waals surface area contributed by atoms with Gasteiger partial charge in [-0.25, -0.2) is 4.79 Å². The Morgan fingerprint density at radius 3 is 3.00 bits per heavy atom. The van der Waals surface area contributed by atoms with Gasteiger partial charge in [0.25, 0.3) is 0 Å². The smallest absolute Gasteiger partial charge is 0.329 e. The van der Waals surface area contributed by atoms with Crippen molar-refractivity contribution in [2.24, 2.45) is 0 Å². The highest BCUT2D eigenvalue weighted by Crippen LogP contribution is 2.27. The Hall–Kier alpha value is -1.48. The first-order valence-corrected chi connectivity index (χ1v) is 5.24. The summed E-state index contributed by atoms with van der Waals surface area (Å²) in [6, 6.07) is 0. The molecular formula is C10H15N3O5. The zero-order chi connectivity index (χ0) is 15.9. The molecular weight excluding hydrogens is 242 g/mol. The van der Waals surface area contributed by atoms with Gasteiger partial charge in [-0.15, -0.1) is 0 Å². The van der Waals surface area contributed by atoms with Crippen molar-refractivity contribution in [1.82, 2.24) is 9.55 Å². The molecule has 1 aliphatic heterocycles. The van der Waals surface area contributed by atoms with E-state index in [-0.39, 0.29) is 6.42 Å². The van der Waals surface area contributed by atoms with Gasteiger partial charge >= 0.3 is 5.69 Å². The van der Waals surface area contributed by atoms with Crippen LogP contribution in [0.1, 0.15) is 22.3 Å². The van der Waals surface area contributed by atoms with Crippen LogP contribution in [-0.2, 0) is 11.3 Å². The van der Waals surface area contributed by atoms with Gasteiger partial charge in [-0.2, -0.15) is 0 Å². The highest BCUT2D eigenvalue weighted by Gasteiger charge is 2.34. The molecule has 0 aliphatic carbocycles. The minimum Gasteiger partial charge on any atom is -0.394 e. The van der Waals surface area contributed by atoms with E-state index in [1.54, 1.807) is 0 Å². The molecule has 100 valence electrons. The summed E-state index contributed by atoms with van der Waals surface area (Å²) < 4.78 is 28.2. The van der Waals surface area contributed by atoms with E-state index in [0.717, 1.165) is 0 Å². The molecule has 1 aromatic heterocycles. The van der Waals surface area contributed by atoms with Crippen molar-refractivity contribution in [1.29, 1.82) is 5.41 Å². The predicted octanol–water partition coefficient (Wildman–Crippen LogP) is -2.21. The lowest BCUT2D eigenvalue weighted by Gasteiger charge is -2.15. The number of aromatic amines is 1. The van der Waals surface area contributed by atoms with Gasteiger partial charge < -0.3 is 20.1 Å². The maximum atomic E-state index is 11.9. The maximum absolute atomic E-state index is 11.9. The molecule has 0 saturated carbocycles. The molecule has 0 amide bonds. The monoisotopic (exact) mass is 260 g/mol. The summed E-state index contributed by atoms with van der Waals surface area (Å²) in [5, 5.41) is 35.5. The minimum atomic E-state index is -2.99. The van der Waals surface area contributed by atoms with Crippen LogP contribution in [-0.4, -0.2) is 43.7 Å². The van der Waals surface area contributed by atoms with E-state index < -0.39 is 54.5 Å². The molecule has 3 atom stereocenters. The van der Waals surface area contributed by atoms with Crippen molar-refractivity contribution in [3.63, 3.8) is 0 Å². The molecule has 2 heterocycles. The summed E-state index contributed by atoms with van der Waals surface area (Å²) >= 11 is 0. The molecule has 18 heavy (non-hydrogen) atoms. The third-order valence-electron chi connectivity index (χ3n) is 2.72. The SMILES string of the molecule is [2H]c1c(C([2H])([2H])O)c(=N)[nH]c(=O)n1[C@H]1CC(O)[C@@H](CO)O1. The van der Waals surface area contributed by atoms with Gasteiger partial charge in [0.2, 0.25) is 0 Å². The zero-order valence-electron chi connectivity index (χ0n) is 12.3. The molecule has 0 spiro atoms. The summed E-state index contributed by atoms with van der Waals surface area (Å²) in [5.41, 5.74) is -2.34. The molecule has 2 rings (SSSR count). The van der Waals surface area contributed by atoms with Crippen LogP contribution >= 0.6 is 0 Å². The average molecular weight is 260 g/mol. The normalized spacial score (nSPS) is 30.8. The van der Waals surface area contributed by atoms with E-state index in [9.17, 15) is 15.0 Å². The molecule has 5 N–H and O–H groups in total. The first-order chi connectivity index (χ1) is 9.66. The second-order valence-corrected chi connectivity index (χ2v) is 3.89. The van der Waals surface area contributed by atoms with Crippen molar-refractivity contribution in [3.05, 3.63) is 27.7 Å². The quantitative estimate of drug-likeness (QED) is 0.420. The summed E-state index contributed by atoms with van der Waals surface area (Å²) in [7, 11) is 0. The van der Waals surface area contributed by atoms with E-state index in [1.165, 1.54) is 0 Å². The van der Waals surface area contributed by atoms with Gasteiger partial charge in [-0.3, -0.25) is 15.0 Å². The van der Waals surface area contributed by atoms with Crippen molar-refractivity contribution in [2.75, 3.05) is 6.61 Å². The number of nitrogens with one attached hydrogen (secondary N) is 2. The van der Waals surface area contributed by atoms with Crippen molar-refractivity contribution in [2.45, 2.75) is 31.4 Å². The predicted molar refractivity (Wildman–Crippen MR) is 58.4 cm³/mol. The number of aliphatic hydroxyl groups excluding tert-OH is 2. The highest BCUT2D eigenvalue weighted by atomic mass is 16.5. The summed E-state index contributed by atoms with van der Waals surface area (Å²) in [5.74, 6) is 0. The van der Waals surface area contributed by atoms with Gasteiger partial charge in [0.05, 0.1) is 23.4 Å². The van der Waals surface area contributed by atoms with E-state index in [1.807, 2.05) is 4.98 Å². The largest absolute Gasteiger partial charge is 0.394 e. The molecule has 0 aromatic carbocycles. The van der Waals surface area contributed by atoms with Crippen LogP contribution in [0.2, 0.25) is 0 Å². The Labute approximate surface area is 106 Å². The fourth-order valence-corrected chi connectivity index (χ4v) is 1.78. The van der Waals surface area contributed by atoms with E-state index in [4.69, 9.17) is 19.4 Å². The topological polar surface area (TPSA) is 132 Å². The van der Waals surface area contributed by atoms with Crippen LogP contribution in [0, 0.1) is 5.41 Å². The Morgan fingerprint density at radius 2 is 2.44 bits per heavy atom. The second-order valence-electron chi connectivity index (χ2n) is 3.89. The Kier molecular flexibility index (Phi) is 2.64. The van der Waals surface area contributed by atoms with Crippen LogP contribution in [0.3, 0.4) is 0 Å². The van der Waals surface area contributed by atoms with E-state index in [2.05, 4.69) is 0 Å². The summed E-state index contributed by atoms with van der Waals surface area (Å²) in [6.45, 7) is -3.47. The van der Waals surface area contributed by atoms with Crippen molar-refractivity contribution < 1.29 is 24.2 Å². The average Bonchev–Trinajstić information content (AvgIpc) is 2.67. The molecule has 1 aromatic rings. The van der Waals surface area contributed by atoms with Gasteiger partial charge in [-0.05, 0) is 0 Å². The fourth-order valence-electron chi connectivity index (χ4n) is 1.78. The Balaban J connectivity index is 2.56. The molecule has 1 fully saturated rings. The van der Waals surface area contributed by atoms with Crippen LogP contribution in [0.15, 0.2) is 11.0 Å². The number of hydrogen-bond donors (Lipinski definition) is 5. The molecule has 8 heteroatoms. The molecule has 8 nitrogen and oxygen atoms in total. The van der Waals surface area contributed by atoms with Crippen LogP contribution in [0.25, 0.3) is 0 Å². The number of rotatable bonds is 3. The van der Waals surface area contributed by atoms with Crippen molar-refractivity contribution >= 4 is 0 Å². The molecule has 0 radical (unpaired) electrons. The van der Waals surface area contributed by atoms with Gasteiger partial charge in [-0.1, -0.05) is 0 Å². The fraction of sp³-hybridized carbons (Fsp3) is 0.600. The number of hydrogen-bond acceptors (Lipinski definition) is 6. The first-order valence-electron chi connectivity index (χ1n) is 6.74. The standard InChI is InChI=1S/C10H15N3O5/c11-9-5(3-14)2-13(10(17)12-9)8-1-6(16)7(4-15)18-8/h2,6-8,14-16H,1,3-4H2,(H2,11,12,17)/t6?,7-,8-/m1/s1/i2D,3D2. The summed E-state index contributed by atoms with van der Waals surface area (Å²) in [6.07, 6.45) is -3.89. The van der Waals surface area contributed by atoms with E-state index in [0.29, 0.717) is 4.57 Å². The van der Waals surface area contributed by atoms with Gasteiger partial charge in [0, 0.05) is 18.2 Å². The van der Waals surface area contributed by atoms with Crippen LogP contribution < -0.4 is 11.2 Å². The lowest BCUT2D eigenvalue weighted by Crippen LogP contribution is -2.34. The number of H-pyrrole nitrogens is 1. The zero-order valence-corrected chi connectivity index (χ0v) is 9.25.